The average Bonchev–Trinajstić information content (AvgIpc) is 2.96. The lowest BCUT2D eigenvalue weighted by atomic mass is 10.1. The molecule has 114 valence electrons. The molecular weight excluding hydrogens is 445 g/mol. The van der Waals surface area contributed by atoms with Gasteiger partial charge in [0.15, 0.2) is 5.84 Å². The number of alkyl halides is 2. The first-order valence-electron chi connectivity index (χ1n) is 6.24. The first-order valence-corrected chi connectivity index (χ1v) is 8.90. The Morgan fingerprint density at radius 2 is 2.00 bits per heavy atom. The van der Waals surface area contributed by atoms with Crippen molar-refractivity contribution in [3.05, 3.63) is 25.8 Å². The molecule has 1 aromatic rings. The van der Waals surface area contributed by atoms with Crippen molar-refractivity contribution in [2.24, 2.45) is 9.98 Å². The van der Waals surface area contributed by atoms with Gasteiger partial charge in [0.05, 0.1) is 33.0 Å². The minimum atomic E-state index is -0.108. The van der Waals surface area contributed by atoms with Crippen molar-refractivity contribution in [2.45, 2.75) is 25.1 Å². The van der Waals surface area contributed by atoms with Crippen LogP contribution in [0.2, 0.25) is 0 Å². The number of hydrogen-bond acceptors (Lipinski definition) is 2. The lowest BCUT2D eigenvalue weighted by molar-refractivity contribution is 0.358. The van der Waals surface area contributed by atoms with E-state index >= 15 is 0 Å². The zero-order chi connectivity index (χ0) is 15.6. The molecule has 1 aliphatic rings. The number of aliphatic hydroxyl groups excluding tert-OH is 1. The molecule has 0 spiro atoms. The second-order valence-electron chi connectivity index (χ2n) is 4.31. The summed E-state index contributed by atoms with van der Waals surface area (Å²) in [6.45, 7) is 1.90. The first-order chi connectivity index (χ1) is 10.1. The highest BCUT2D eigenvalue weighted by Gasteiger charge is 2.22. The molecule has 0 fully saturated rings. The molecule has 21 heavy (non-hydrogen) atoms. The number of amidine groups is 1. The van der Waals surface area contributed by atoms with Gasteiger partial charge in [0, 0.05) is 11.3 Å². The van der Waals surface area contributed by atoms with Gasteiger partial charge in [-0.15, -0.1) is 23.2 Å². The molecule has 2 N–H and O–H groups in total. The summed E-state index contributed by atoms with van der Waals surface area (Å²) in [5.41, 5.74) is 3.33. The number of aliphatic hydroxyl groups is 1. The Labute approximate surface area is 149 Å². The quantitative estimate of drug-likeness (QED) is 0.613. The number of hydrogen-bond donors (Lipinski definition) is 2. The summed E-state index contributed by atoms with van der Waals surface area (Å²) in [5, 5.41) is 9.36. The molecule has 4 nitrogen and oxygen atoms in total. The maximum absolute atomic E-state index is 9.36. The van der Waals surface area contributed by atoms with E-state index in [4.69, 9.17) is 23.2 Å². The summed E-state index contributed by atoms with van der Waals surface area (Å²) >= 11 is 18.8. The molecule has 2 rings (SSSR count). The number of halogens is 4. The topological polar surface area (TPSA) is 60.7 Å². The van der Waals surface area contributed by atoms with Crippen LogP contribution in [0, 0.1) is 0 Å². The van der Waals surface area contributed by atoms with Gasteiger partial charge in [0.2, 0.25) is 0 Å². The maximum Gasteiger partial charge on any atom is 0.169 e. The number of H-pyrrole nitrogens is 1. The Hall–Kier alpha value is -0.140. The zero-order valence-corrected chi connectivity index (χ0v) is 15.9. The largest absolute Gasteiger partial charge is 0.390 e. The van der Waals surface area contributed by atoms with E-state index in [1.54, 1.807) is 0 Å². The summed E-state index contributed by atoms with van der Waals surface area (Å²) in [6.07, 6.45) is 0.769. The van der Waals surface area contributed by atoms with Crippen LogP contribution in [-0.2, 0) is 11.8 Å². The van der Waals surface area contributed by atoms with Crippen LogP contribution >= 0.6 is 55.1 Å². The number of aromatic nitrogens is 1. The van der Waals surface area contributed by atoms with E-state index in [1.807, 2.05) is 6.92 Å². The normalized spacial score (nSPS) is 17.0. The third-order valence-corrected chi connectivity index (χ3v) is 5.37. The van der Waals surface area contributed by atoms with Gasteiger partial charge in [-0.05, 0) is 43.9 Å². The number of nitrogens with zero attached hydrogens (tertiary/aromatic N) is 2. The Balaban J connectivity index is 2.49. The molecule has 2 heterocycles. The highest BCUT2D eigenvalue weighted by atomic mass is 79.9. The lowest BCUT2D eigenvalue weighted by Gasteiger charge is -1.99. The van der Waals surface area contributed by atoms with E-state index in [9.17, 15) is 5.11 Å². The van der Waals surface area contributed by atoms with Crippen molar-refractivity contribution in [3.8, 4) is 0 Å². The minimum absolute atomic E-state index is 0.108. The molecule has 0 saturated carbocycles. The maximum atomic E-state index is 9.36. The predicted molar refractivity (Wildman–Crippen MR) is 95.5 cm³/mol. The average molecular weight is 458 g/mol. The number of nitrogens with one attached hydrogen (secondary N) is 1. The Kier molecular flexibility index (Phi) is 6.08. The Bertz CT molecular complexity index is 650. The van der Waals surface area contributed by atoms with Crippen molar-refractivity contribution in [1.29, 1.82) is 0 Å². The molecular formula is C13H13Br2Cl2N3O. The Morgan fingerprint density at radius 3 is 2.43 bits per heavy atom. The Morgan fingerprint density at radius 1 is 1.29 bits per heavy atom. The zero-order valence-electron chi connectivity index (χ0n) is 11.2. The van der Waals surface area contributed by atoms with Gasteiger partial charge in [0.25, 0.3) is 0 Å². The van der Waals surface area contributed by atoms with Crippen LogP contribution in [0.15, 0.2) is 24.5 Å². The molecule has 0 bridgehead atoms. The molecule has 8 heteroatoms. The summed E-state index contributed by atoms with van der Waals surface area (Å²) < 4.78 is 1.59. The highest BCUT2D eigenvalue weighted by Crippen LogP contribution is 2.35. The minimum Gasteiger partial charge on any atom is -0.390 e. The fourth-order valence-electron chi connectivity index (χ4n) is 2.06. The summed E-state index contributed by atoms with van der Waals surface area (Å²) in [4.78, 5) is 12.0. The number of rotatable bonds is 5. The van der Waals surface area contributed by atoms with Gasteiger partial charge in [-0.25, -0.2) is 9.98 Å². The van der Waals surface area contributed by atoms with Crippen molar-refractivity contribution >= 4 is 72.4 Å². The molecule has 0 saturated heterocycles. The fraction of sp³-hybridized carbons (Fsp3) is 0.385. The van der Waals surface area contributed by atoms with Gasteiger partial charge < -0.3 is 10.1 Å². The molecule has 1 aromatic heterocycles. The van der Waals surface area contributed by atoms with E-state index in [0.29, 0.717) is 29.1 Å². The van der Waals surface area contributed by atoms with E-state index < -0.39 is 0 Å². The van der Waals surface area contributed by atoms with Crippen molar-refractivity contribution in [1.82, 2.24) is 4.98 Å². The number of aromatic amines is 1. The van der Waals surface area contributed by atoms with Crippen molar-refractivity contribution in [3.63, 3.8) is 0 Å². The second-order valence-corrected chi connectivity index (χ2v) is 6.43. The van der Waals surface area contributed by atoms with Crippen LogP contribution in [0.3, 0.4) is 0 Å². The van der Waals surface area contributed by atoms with Crippen LogP contribution in [-0.4, -0.2) is 28.2 Å². The van der Waals surface area contributed by atoms with E-state index in [-0.39, 0.29) is 6.61 Å². The van der Waals surface area contributed by atoms with Gasteiger partial charge in [-0.3, -0.25) is 0 Å². The molecule has 0 amide bonds. The van der Waals surface area contributed by atoms with Gasteiger partial charge in [0.1, 0.15) is 5.82 Å². The van der Waals surface area contributed by atoms with Crippen LogP contribution in [0.5, 0.6) is 0 Å². The molecule has 0 unspecified atom stereocenters. The fourth-order valence-corrected chi connectivity index (χ4v) is 3.99. The van der Waals surface area contributed by atoms with Gasteiger partial charge >= 0.3 is 0 Å². The van der Waals surface area contributed by atoms with Crippen LogP contribution in [0.4, 0.5) is 5.82 Å². The van der Waals surface area contributed by atoms with E-state index in [0.717, 1.165) is 32.2 Å². The van der Waals surface area contributed by atoms with Gasteiger partial charge in [-0.2, -0.15) is 0 Å². The van der Waals surface area contributed by atoms with Crippen molar-refractivity contribution < 1.29 is 5.11 Å². The van der Waals surface area contributed by atoms with Crippen LogP contribution in [0.25, 0.3) is 0 Å². The van der Waals surface area contributed by atoms with E-state index in [1.165, 1.54) is 0 Å². The summed E-state index contributed by atoms with van der Waals surface area (Å²) in [5.74, 6) is 1.81. The molecule has 1 aliphatic heterocycles. The second kappa shape index (κ2) is 7.42. The predicted octanol–water partition coefficient (Wildman–Crippen LogP) is 4.79. The third-order valence-electron chi connectivity index (χ3n) is 3.15. The number of aliphatic imine (C=N–C) groups is 2. The lowest BCUT2D eigenvalue weighted by Crippen LogP contribution is -2.04. The third kappa shape index (κ3) is 3.29. The monoisotopic (exact) mass is 455 g/mol. The smallest absolute Gasteiger partial charge is 0.169 e. The summed E-state index contributed by atoms with van der Waals surface area (Å²) in [6, 6.07) is 0. The molecule has 0 atom stereocenters. The first kappa shape index (κ1) is 17.2. The van der Waals surface area contributed by atoms with Crippen LogP contribution in [0.1, 0.15) is 24.6 Å². The van der Waals surface area contributed by atoms with Crippen LogP contribution < -0.4 is 0 Å². The van der Waals surface area contributed by atoms with Gasteiger partial charge in [-0.1, -0.05) is 6.92 Å². The summed E-state index contributed by atoms with van der Waals surface area (Å²) in [7, 11) is 0. The molecule has 0 radical (unpaired) electrons. The molecule has 0 aromatic carbocycles. The highest BCUT2D eigenvalue weighted by molar-refractivity contribution is 9.12. The van der Waals surface area contributed by atoms with Crippen molar-refractivity contribution in [2.75, 3.05) is 6.61 Å². The standard InChI is InChI=1S/C13H13Br2Cl2N3O/c1-2-6-9(5-21)19-12(10(6)14)20-13-11(15)7(3-16)8(4-17)18-13/h18,21H,2-5H2,1H3/b20-12-. The SMILES string of the molecule is CCC1=C(Br)/C(=N/c2[nH]c(CCl)c(CCl)c2Br)N=C1CO. The molecule has 0 aliphatic carbocycles. The van der Waals surface area contributed by atoms with E-state index in [2.05, 4.69) is 46.8 Å².